The smallest absolute Gasteiger partial charge is 0.0431 e. The molecule has 17 heavy (non-hydrogen) atoms. The summed E-state index contributed by atoms with van der Waals surface area (Å²) in [6.45, 7) is 3.92. The molecule has 0 amide bonds. The Labute approximate surface area is 104 Å². The second kappa shape index (κ2) is 6.77. The minimum Gasteiger partial charge on any atom is -0.396 e. The first-order chi connectivity index (χ1) is 8.40. The van der Waals surface area contributed by atoms with Crippen LogP contribution in [0, 0.1) is 0 Å². The van der Waals surface area contributed by atoms with Crippen LogP contribution in [0.5, 0.6) is 0 Å². The summed E-state index contributed by atoms with van der Waals surface area (Å²) in [5.41, 5.74) is 1.50. The fourth-order valence-electron chi connectivity index (χ4n) is 2.66. The van der Waals surface area contributed by atoms with E-state index >= 15 is 0 Å². The third-order valence-electron chi connectivity index (χ3n) is 3.74. The molecule has 0 atom stereocenters. The Morgan fingerprint density at radius 2 is 1.76 bits per heavy atom. The fraction of sp³-hybridized carbons (Fsp3) is 0.600. The first kappa shape index (κ1) is 12.6. The van der Waals surface area contributed by atoms with Crippen molar-refractivity contribution in [3.05, 3.63) is 35.9 Å². The highest BCUT2D eigenvalue weighted by Gasteiger charge is 2.19. The molecule has 1 N–H and O–H groups in total. The summed E-state index contributed by atoms with van der Waals surface area (Å²) >= 11 is 0. The van der Waals surface area contributed by atoms with Crippen LogP contribution in [0.4, 0.5) is 0 Å². The van der Waals surface area contributed by atoms with E-state index in [0.29, 0.717) is 6.61 Å². The van der Waals surface area contributed by atoms with E-state index in [1.54, 1.807) is 0 Å². The van der Waals surface area contributed by atoms with E-state index in [9.17, 15) is 0 Å². The molecule has 0 bridgehead atoms. The third-order valence-corrected chi connectivity index (χ3v) is 3.74. The highest BCUT2D eigenvalue weighted by atomic mass is 16.2. The zero-order valence-corrected chi connectivity index (χ0v) is 10.5. The van der Waals surface area contributed by atoms with Gasteiger partial charge in [-0.05, 0) is 56.8 Å². The van der Waals surface area contributed by atoms with Crippen molar-refractivity contribution in [2.24, 2.45) is 0 Å². The van der Waals surface area contributed by atoms with Gasteiger partial charge in [0.25, 0.3) is 0 Å². The Bertz CT molecular complexity index is 304. The predicted octanol–water partition coefficient (Wildman–Crippen LogP) is 2.64. The van der Waals surface area contributed by atoms with Gasteiger partial charge in [0, 0.05) is 6.61 Å². The van der Waals surface area contributed by atoms with Crippen molar-refractivity contribution in [3.8, 4) is 0 Å². The number of piperidine rings is 1. The number of hydrogen-bond acceptors (Lipinski definition) is 2. The van der Waals surface area contributed by atoms with Gasteiger partial charge < -0.3 is 10.0 Å². The average Bonchev–Trinajstić information content (AvgIpc) is 2.41. The van der Waals surface area contributed by atoms with E-state index in [2.05, 4.69) is 35.2 Å². The summed E-state index contributed by atoms with van der Waals surface area (Å²) in [4.78, 5) is 2.54. The van der Waals surface area contributed by atoms with Gasteiger partial charge in [0.1, 0.15) is 0 Å². The Morgan fingerprint density at radius 1 is 1.06 bits per heavy atom. The SMILES string of the molecule is OCCCCN1CCC(c2ccccc2)CC1. The second-order valence-corrected chi connectivity index (χ2v) is 4.96. The Balaban J connectivity index is 1.74. The van der Waals surface area contributed by atoms with Gasteiger partial charge >= 0.3 is 0 Å². The highest BCUT2D eigenvalue weighted by Crippen LogP contribution is 2.27. The Hall–Kier alpha value is -0.860. The lowest BCUT2D eigenvalue weighted by molar-refractivity contribution is 0.199. The van der Waals surface area contributed by atoms with Gasteiger partial charge in [0.2, 0.25) is 0 Å². The largest absolute Gasteiger partial charge is 0.396 e. The van der Waals surface area contributed by atoms with Crippen LogP contribution in [0.3, 0.4) is 0 Å². The van der Waals surface area contributed by atoms with Gasteiger partial charge in [-0.25, -0.2) is 0 Å². The molecule has 1 aromatic carbocycles. The molecule has 1 saturated heterocycles. The summed E-state index contributed by atoms with van der Waals surface area (Å²) in [7, 11) is 0. The topological polar surface area (TPSA) is 23.5 Å². The molecule has 0 aromatic heterocycles. The summed E-state index contributed by atoms with van der Waals surface area (Å²) in [5, 5.41) is 8.77. The lowest BCUT2D eigenvalue weighted by Gasteiger charge is -2.32. The Kier molecular flexibility index (Phi) is 5.02. The lowest BCUT2D eigenvalue weighted by atomic mass is 9.89. The number of nitrogens with zero attached hydrogens (tertiary/aromatic N) is 1. The predicted molar refractivity (Wildman–Crippen MR) is 71.2 cm³/mol. The van der Waals surface area contributed by atoms with Crippen molar-refractivity contribution >= 4 is 0 Å². The van der Waals surface area contributed by atoms with Crippen molar-refractivity contribution in [2.45, 2.75) is 31.6 Å². The zero-order valence-electron chi connectivity index (χ0n) is 10.5. The first-order valence-electron chi connectivity index (χ1n) is 6.78. The number of unbranched alkanes of at least 4 members (excludes halogenated alkanes) is 1. The lowest BCUT2D eigenvalue weighted by Crippen LogP contribution is -2.33. The molecule has 1 aliphatic rings. The highest BCUT2D eigenvalue weighted by molar-refractivity contribution is 5.19. The van der Waals surface area contributed by atoms with E-state index in [1.807, 2.05) is 0 Å². The molecule has 2 heteroatoms. The van der Waals surface area contributed by atoms with Crippen LogP contribution >= 0.6 is 0 Å². The third kappa shape index (κ3) is 3.83. The van der Waals surface area contributed by atoms with Crippen LogP contribution < -0.4 is 0 Å². The maximum absolute atomic E-state index is 8.77. The van der Waals surface area contributed by atoms with Crippen LogP contribution in [0.2, 0.25) is 0 Å². The minimum atomic E-state index is 0.334. The number of likely N-dealkylation sites (tertiary alicyclic amines) is 1. The first-order valence-corrected chi connectivity index (χ1v) is 6.78. The van der Waals surface area contributed by atoms with Crippen molar-refractivity contribution in [1.29, 1.82) is 0 Å². The van der Waals surface area contributed by atoms with Crippen LogP contribution in [-0.2, 0) is 0 Å². The maximum Gasteiger partial charge on any atom is 0.0431 e. The normalized spacial score (nSPS) is 18.4. The monoisotopic (exact) mass is 233 g/mol. The van der Waals surface area contributed by atoms with E-state index in [4.69, 9.17) is 5.11 Å². The van der Waals surface area contributed by atoms with Gasteiger partial charge in [-0.3, -0.25) is 0 Å². The summed E-state index contributed by atoms with van der Waals surface area (Å²) in [6, 6.07) is 10.9. The Morgan fingerprint density at radius 3 is 2.41 bits per heavy atom. The van der Waals surface area contributed by atoms with E-state index in [1.165, 1.54) is 31.5 Å². The summed E-state index contributed by atoms with van der Waals surface area (Å²) in [6.07, 6.45) is 4.64. The molecule has 1 aromatic rings. The van der Waals surface area contributed by atoms with Gasteiger partial charge in [-0.1, -0.05) is 30.3 Å². The zero-order chi connectivity index (χ0) is 11.9. The molecule has 0 spiro atoms. The molecule has 1 aliphatic heterocycles. The van der Waals surface area contributed by atoms with Crippen molar-refractivity contribution < 1.29 is 5.11 Å². The van der Waals surface area contributed by atoms with Crippen molar-refractivity contribution in [1.82, 2.24) is 4.90 Å². The number of aliphatic hydroxyl groups excluding tert-OH is 1. The fourth-order valence-corrected chi connectivity index (χ4v) is 2.66. The van der Waals surface area contributed by atoms with Gasteiger partial charge in [-0.2, -0.15) is 0 Å². The molecular weight excluding hydrogens is 210 g/mol. The van der Waals surface area contributed by atoms with Crippen LogP contribution in [0.25, 0.3) is 0 Å². The number of aliphatic hydroxyl groups is 1. The minimum absolute atomic E-state index is 0.334. The molecule has 2 rings (SSSR count). The molecule has 0 saturated carbocycles. The molecule has 0 unspecified atom stereocenters. The van der Waals surface area contributed by atoms with Crippen LogP contribution in [0.15, 0.2) is 30.3 Å². The average molecular weight is 233 g/mol. The van der Waals surface area contributed by atoms with E-state index in [-0.39, 0.29) is 0 Å². The van der Waals surface area contributed by atoms with E-state index in [0.717, 1.165) is 25.3 Å². The molecule has 1 fully saturated rings. The number of rotatable bonds is 5. The quantitative estimate of drug-likeness (QED) is 0.790. The molecular formula is C15H23NO. The maximum atomic E-state index is 8.77. The van der Waals surface area contributed by atoms with Gasteiger partial charge in [0.05, 0.1) is 0 Å². The van der Waals surface area contributed by atoms with E-state index < -0.39 is 0 Å². The van der Waals surface area contributed by atoms with Crippen molar-refractivity contribution in [2.75, 3.05) is 26.2 Å². The van der Waals surface area contributed by atoms with Crippen molar-refractivity contribution in [3.63, 3.8) is 0 Å². The number of hydrogen-bond donors (Lipinski definition) is 1. The molecule has 2 nitrogen and oxygen atoms in total. The molecule has 0 aliphatic carbocycles. The van der Waals surface area contributed by atoms with Crippen LogP contribution in [0.1, 0.15) is 37.2 Å². The molecule has 94 valence electrons. The summed E-state index contributed by atoms with van der Waals surface area (Å²) in [5.74, 6) is 0.755. The standard InChI is InChI=1S/C15H23NO/c17-13-5-4-10-16-11-8-15(9-12-16)14-6-2-1-3-7-14/h1-3,6-7,15,17H,4-5,8-13H2. The van der Waals surface area contributed by atoms with Gasteiger partial charge in [-0.15, -0.1) is 0 Å². The summed E-state index contributed by atoms with van der Waals surface area (Å²) < 4.78 is 0. The second-order valence-electron chi connectivity index (χ2n) is 4.96. The van der Waals surface area contributed by atoms with Gasteiger partial charge in [0.15, 0.2) is 0 Å². The molecule has 0 radical (unpaired) electrons. The molecule has 1 heterocycles. The number of benzene rings is 1. The van der Waals surface area contributed by atoms with Crippen LogP contribution in [-0.4, -0.2) is 36.2 Å².